The lowest BCUT2D eigenvalue weighted by atomic mass is 10.0. The van der Waals surface area contributed by atoms with E-state index in [4.69, 9.17) is 0 Å². The van der Waals surface area contributed by atoms with Crippen LogP contribution in [0.5, 0.6) is 0 Å². The molecular weight excluding hydrogens is 191 g/mol. The summed E-state index contributed by atoms with van der Waals surface area (Å²) in [5.41, 5.74) is -2.80. The lowest BCUT2D eigenvalue weighted by Crippen LogP contribution is -2.43. The van der Waals surface area contributed by atoms with Gasteiger partial charge >= 0.3 is 17.6 Å². The first kappa shape index (κ1) is 12.3. The maximum absolute atomic E-state index is 13.6. The minimum atomic E-state index is -2.80. The van der Waals surface area contributed by atoms with E-state index in [9.17, 15) is 14.0 Å². The zero-order valence-corrected chi connectivity index (χ0v) is 7.79. The Morgan fingerprint density at radius 1 is 1.29 bits per heavy atom. The van der Waals surface area contributed by atoms with Crippen LogP contribution in [-0.2, 0) is 19.1 Å². The number of halogens is 1. The van der Waals surface area contributed by atoms with Crippen molar-refractivity contribution in [2.45, 2.75) is 19.0 Å². The molecule has 4 nitrogen and oxygen atoms in total. The van der Waals surface area contributed by atoms with Gasteiger partial charge in [-0.15, -0.1) is 0 Å². The maximum Gasteiger partial charge on any atom is 0.360 e. The zero-order valence-electron chi connectivity index (χ0n) is 7.79. The molecule has 0 rings (SSSR count). The molecule has 0 unspecified atom stereocenters. The highest BCUT2D eigenvalue weighted by atomic mass is 19.1. The first-order valence-electron chi connectivity index (χ1n) is 3.85. The molecule has 0 heterocycles. The van der Waals surface area contributed by atoms with Gasteiger partial charge in [0.2, 0.25) is 0 Å². The third-order valence-corrected chi connectivity index (χ3v) is 1.52. The molecule has 0 aliphatic heterocycles. The van der Waals surface area contributed by atoms with Crippen LogP contribution in [0.4, 0.5) is 4.39 Å². The van der Waals surface area contributed by atoms with E-state index in [1.165, 1.54) is 6.92 Å². The van der Waals surface area contributed by atoms with Crippen LogP contribution in [0.1, 0.15) is 13.3 Å². The lowest BCUT2D eigenvalue weighted by Gasteiger charge is -2.17. The monoisotopic (exact) mass is 202 g/mol. The van der Waals surface area contributed by atoms with Crippen molar-refractivity contribution in [3.05, 3.63) is 25.7 Å². The Morgan fingerprint density at radius 3 is 1.86 bits per heavy atom. The summed E-state index contributed by atoms with van der Waals surface area (Å²) in [7, 11) is 0. The Hall–Kier alpha value is -1.65. The van der Waals surface area contributed by atoms with Crippen LogP contribution in [0.3, 0.4) is 0 Å². The Morgan fingerprint density at radius 2 is 1.64 bits per heavy atom. The third kappa shape index (κ3) is 2.42. The van der Waals surface area contributed by atoms with Crippen molar-refractivity contribution in [3.8, 4) is 0 Å². The van der Waals surface area contributed by atoms with Crippen molar-refractivity contribution >= 4 is 11.9 Å². The molecule has 0 aliphatic carbocycles. The highest BCUT2D eigenvalue weighted by Gasteiger charge is 2.48. The highest BCUT2D eigenvalue weighted by molar-refractivity contribution is 6.03. The Bertz CT molecular complexity index is 238. The van der Waals surface area contributed by atoms with Gasteiger partial charge in [-0.2, -0.15) is 0 Å². The van der Waals surface area contributed by atoms with Crippen molar-refractivity contribution in [1.82, 2.24) is 0 Å². The summed E-state index contributed by atoms with van der Waals surface area (Å²) in [4.78, 5) is 22.0. The minimum Gasteiger partial charge on any atom is -0.432 e. The molecule has 78 valence electrons. The number of rotatable bonds is 5. The van der Waals surface area contributed by atoms with Gasteiger partial charge in [0.25, 0.3) is 0 Å². The maximum atomic E-state index is 13.6. The SMILES string of the molecule is C=COC(=O)C(F)(CC)C(=O)OC=C. The largest absolute Gasteiger partial charge is 0.432 e. The molecule has 0 aliphatic rings. The van der Waals surface area contributed by atoms with E-state index in [1.807, 2.05) is 0 Å². The minimum absolute atomic E-state index is 0.383. The van der Waals surface area contributed by atoms with E-state index in [2.05, 4.69) is 22.6 Å². The van der Waals surface area contributed by atoms with Crippen LogP contribution in [0.25, 0.3) is 0 Å². The molecular formula is C9H11FO4. The van der Waals surface area contributed by atoms with E-state index in [1.54, 1.807) is 0 Å². The van der Waals surface area contributed by atoms with E-state index >= 15 is 0 Å². The third-order valence-electron chi connectivity index (χ3n) is 1.52. The Labute approximate surface area is 81.0 Å². The van der Waals surface area contributed by atoms with Crippen LogP contribution < -0.4 is 0 Å². The second-order valence-corrected chi connectivity index (χ2v) is 2.30. The fourth-order valence-corrected chi connectivity index (χ4v) is 0.710. The molecule has 0 atom stereocenters. The molecule has 5 heteroatoms. The summed E-state index contributed by atoms with van der Waals surface area (Å²) >= 11 is 0. The summed E-state index contributed by atoms with van der Waals surface area (Å²) in [6, 6.07) is 0. The van der Waals surface area contributed by atoms with Gasteiger partial charge in [0.1, 0.15) is 0 Å². The highest BCUT2D eigenvalue weighted by Crippen LogP contribution is 2.20. The molecule has 0 N–H and O–H groups in total. The van der Waals surface area contributed by atoms with Crippen molar-refractivity contribution in [1.29, 1.82) is 0 Å². The molecule has 14 heavy (non-hydrogen) atoms. The summed E-state index contributed by atoms with van der Waals surface area (Å²) in [6.45, 7) is 7.46. The van der Waals surface area contributed by atoms with Crippen LogP contribution in [-0.4, -0.2) is 17.6 Å². The topological polar surface area (TPSA) is 52.6 Å². The fourth-order valence-electron chi connectivity index (χ4n) is 0.710. The standard InChI is InChI=1S/C9H11FO4/c1-4-9(10,7(11)13-5-2)8(12)14-6-3/h5-6H,2-4H2,1H3. The van der Waals surface area contributed by atoms with Crippen LogP contribution >= 0.6 is 0 Å². The zero-order chi connectivity index (χ0) is 11.2. The summed E-state index contributed by atoms with van der Waals surface area (Å²) in [5, 5.41) is 0. The molecule has 0 aromatic carbocycles. The van der Waals surface area contributed by atoms with Gasteiger partial charge in [-0.3, -0.25) is 0 Å². The van der Waals surface area contributed by atoms with Gasteiger partial charge in [-0.25, -0.2) is 14.0 Å². The van der Waals surface area contributed by atoms with Crippen molar-refractivity contribution < 1.29 is 23.5 Å². The van der Waals surface area contributed by atoms with Crippen LogP contribution in [0.15, 0.2) is 25.7 Å². The fraction of sp³-hybridized carbons (Fsp3) is 0.333. The van der Waals surface area contributed by atoms with Crippen molar-refractivity contribution in [2.24, 2.45) is 0 Å². The first-order chi connectivity index (χ1) is 6.52. The number of alkyl halides is 1. The Balaban J connectivity index is 4.76. The average Bonchev–Trinajstić information content (AvgIpc) is 2.17. The number of hydrogen-bond donors (Lipinski definition) is 0. The average molecular weight is 202 g/mol. The normalized spacial score (nSPS) is 10.1. The molecule has 0 radical (unpaired) electrons. The summed E-state index contributed by atoms with van der Waals surface area (Å²) < 4.78 is 22.0. The van der Waals surface area contributed by atoms with Crippen molar-refractivity contribution in [3.63, 3.8) is 0 Å². The predicted molar refractivity (Wildman–Crippen MR) is 46.7 cm³/mol. The van der Waals surface area contributed by atoms with E-state index in [0.29, 0.717) is 0 Å². The molecule has 0 saturated carbocycles. The summed E-state index contributed by atoms with van der Waals surface area (Å²) in [5.74, 6) is -2.69. The molecule has 0 fully saturated rings. The smallest absolute Gasteiger partial charge is 0.360 e. The van der Waals surface area contributed by atoms with Crippen LogP contribution in [0.2, 0.25) is 0 Å². The molecule has 0 amide bonds. The van der Waals surface area contributed by atoms with Crippen molar-refractivity contribution in [2.75, 3.05) is 0 Å². The van der Waals surface area contributed by atoms with Crippen LogP contribution in [0, 0.1) is 0 Å². The second kappa shape index (κ2) is 5.16. The second-order valence-electron chi connectivity index (χ2n) is 2.30. The molecule has 0 spiro atoms. The number of carbonyl (C=O) groups excluding carboxylic acids is 2. The quantitative estimate of drug-likeness (QED) is 0.385. The van der Waals surface area contributed by atoms with Gasteiger partial charge in [-0.05, 0) is 0 Å². The summed E-state index contributed by atoms with van der Waals surface area (Å²) in [6.07, 6.45) is 1.10. The van der Waals surface area contributed by atoms with Gasteiger partial charge in [0, 0.05) is 6.42 Å². The van der Waals surface area contributed by atoms with E-state index < -0.39 is 17.6 Å². The van der Waals surface area contributed by atoms with Gasteiger partial charge in [0.05, 0.1) is 12.5 Å². The van der Waals surface area contributed by atoms with Gasteiger partial charge in [0.15, 0.2) is 0 Å². The number of hydrogen-bond acceptors (Lipinski definition) is 4. The number of carbonyl (C=O) groups is 2. The first-order valence-corrected chi connectivity index (χ1v) is 3.85. The lowest BCUT2D eigenvalue weighted by molar-refractivity contribution is -0.168. The molecule has 0 aromatic heterocycles. The van der Waals surface area contributed by atoms with E-state index in [0.717, 1.165) is 12.5 Å². The van der Waals surface area contributed by atoms with Gasteiger partial charge in [-0.1, -0.05) is 20.1 Å². The Kier molecular flexibility index (Phi) is 4.55. The molecule has 0 aromatic rings. The van der Waals surface area contributed by atoms with Gasteiger partial charge < -0.3 is 9.47 Å². The molecule has 0 bridgehead atoms. The number of esters is 2. The van der Waals surface area contributed by atoms with E-state index in [-0.39, 0.29) is 6.42 Å². The number of ether oxygens (including phenoxy) is 2. The predicted octanol–water partition coefficient (Wildman–Crippen LogP) is 1.48. The molecule has 0 saturated heterocycles.